The molecule has 0 aliphatic carbocycles. The number of aromatic nitrogens is 3. The van der Waals surface area contributed by atoms with Crippen molar-refractivity contribution in [2.24, 2.45) is 0 Å². The summed E-state index contributed by atoms with van der Waals surface area (Å²) in [5.41, 5.74) is 2.35. The summed E-state index contributed by atoms with van der Waals surface area (Å²) < 4.78 is 14.6. The van der Waals surface area contributed by atoms with E-state index in [1.807, 2.05) is 18.2 Å². The molecule has 0 atom stereocenters. The summed E-state index contributed by atoms with van der Waals surface area (Å²) in [7, 11) is 0. The lowest BCUT2D eigenvalue weighted by atomic mass is 10.1. The highest BCUT2D eigenvalue weighted by Gasteiger charge is 2.17. The van der Waals surface area contributed by atoms with E-state index < -0.39 is 0 Å². The molecule has 0 radical (unpaired) electrons. The van der Waals surface area contributed by atoms with Crippen molar-refractivity contribution < 1.29 is 9.50 Å². The van der Waals surface area contributed by atoms with Crippen LogP contribution in [0.4, 0.5) is 4.39 Å². The van der Waals surface area contributed by atoms with Gasteiger partial charge in [0.2, 0.25) is 0 Å². The van der Waals surface area contributed by atoms with Crippen LogP contribution in [0.25, 0.3) is 16.9 Å². The monoisotopic (exact) mass is 303 g/mol. The minimum Gasteiger partial charge on any atom is -0.390 e. The van der Waals surface area contributed by atoms with Gasteiger partial charge < -0.3 is 5.11 Å². The molecule has 0 aliphatic heterocycles. The third kappa shape index (κ3) is 2.53. The number of benzene rings is 2. The van der Waals surface area contributed by atoms with Crippen molar-refractivity contribution in [2.45, 2.75) is 6.61 Å². The average molecular weight is 304 g/mol. The van der Waals surface area contributed by atoms with Crippen LogP contribution in [0.3, 0.4) is 0 Å². The summed E-state index contributed by atoms with van der Waals surface area (Å²) in [4.78, 5) is 0. The van der Waals surface area contributed by atoms with Gasteiger partial charge in [-0.15, -0.1) is 5.10 Å². The number of hydrogen-bond donors (Lipinski definition) is 1. The fourth-order valence-electron chi connectivity index (χ4n) is 2.11. The normalized spacial score (nSPS) is 10.8. The van der Waals surface area contributed by atoms with Crippen LogP contribution in [0.2, 0.25) is 5.02 Å². The maximum Gasteiger partial charge on any atom is 0.123 e. The Bertz CT molecular complexity index is 771. The molecule has 2 aromatic carbocycles. The van der Waals surface area contributed by atoms with Crippen LogP contribution in [0.5, 0.6) is 0 Å². The molecule has 0 aliphatic rings. The van der Waals surface area contributed by atoms with Gasteiger partial charge in [0.05, 0.1) is 17.3 Å². The van der Waals surface area contributed by atoms with E-state index in [-0.39, 0.29) is 12.4 Å². The van der Waals surface area contributed by atoms with E-state index in [0.29, 0.717) is 27.7 Å². The highest BCUT2D eigenvalue weighted by Crippen LogP contribution is 2.31. The van der Waals surface area contributed by atoms with Crippen LogP contribution in [0.15, 0.2) is 48.5 Å². The Labute approximate surface area is 125 Å². The number of nitrogens with zero attached hydrogens (tertiary/aromatic N) is 3. The van der Waals surface area contributed by atoms with E-state index in [2.05, 4.69) is 10.3 Å². The van der Waals surface area contributed by atoms with Crippen molar-refractivity contribution in [2.75, 3.05) is 0 Å². The van der Waals surface area contributed by atoms with Crippen LogP contribution in [0.1, 0.15) is 5.69 Å². The first-order valence-electron chi connectivity index (χ1n) is 6.27. The molecule has 106 valence electrons. The minimum atomic E-state index is -0.333. The SMILES string of the molecule is OCc1nnn(-c2ccc(F)cc2)c1-c1ccccc1Cl. The molecule has 3 rings (SSSR count). The van der Waals surface area contributed by atoms with Gasteiger partial charge in [-0.25, -0.2) is 9.07 Å². The van der Waals surface area contributed by atoms with Gasteiger partial charge in [0.25, 0.3) is 0 Å². The standard InChI is InChI=1S/C15H11ClFN3O/c16-13-4-2-1-3-12(13)15-14(9-21)18-19-20(15)11-7-5-10(17)6-8-11/h1-8,21H,9H2. The molecule has 0 spiro atoms. The Morgan fingerprint density at radius 1 is 1.10 bits per heavy atom. The number of halogens is 2. The van der Waals surface area contributed by atoms with Gasteiger partial charge in [0, 0.05) is 5.56 Å². The van der Waals surface area contributed by atoms with E-state index in [4.69, 9.17) is 11.6 Å². The molecular weight excluding hydrogens is 293 g/mol. The molecule has 0 saturated heterocycles. The van der Waals surface area contributed by atoms with Crippen LogP contribution in [-0.2, 0) is 6.61 Å². The van der Waals surface area contributed by atoms with Crippen molar-refractivity contribution in [1.29, 1.82) is 0 Å². The molecule has 1 aromatic heterocycles. The lowest BCUT2D eigenvalue weighted by molar-refractivity contribution is 0.277. The summed E-state index contributed by atoms with van der Waals surface area (Å²) in [6.07, 6.45) is 0. The number of aliphatic hydroxyl groups excluding tert-OH is 1. The quantitative estimate of drug-likeness (QED) is 0.808. The molecule has 6 heteroatoms. The van der Waals surface area contributed by atoms with Crippen LogP contribution < -0.4 is 0 Å². The summed E-state index contributed by atoms with van der Waals surface area (Å²) in [6, 6.07) is 13.1. The molecule has 21 heavy (non-hydrogen) atoms. The van der Waals surface area contributed by atoms with E-state index in [9.17, 15) is 9.50 Å². The second-order valence-corrected chi connectivity index (χ2v) is 4.82. The lowest BCUT2D eigenvalue weighted by Gasteiger charge is -2.09. The Morgan fingerprint density at radius 2 is 1.81 bits per heavy atom. The molecular formula is C15H11ClFN3O. The second kappa shape index (κ2) is 5.63. The molecule has 1 N–H and O–H groups in total. The molecule has 1 heterocycles. The topological polar surface area (TPSA) is 50.9 Å². The van der Waals surface area contributed by atoms with Gasteiger partial charge in [-0.2, -0.15) is 0 Å². The van der Waals surface area contributed by atoms with Crippen LogP contribution in [0, 0.1) is 5.82 Å². The maximum absolute atomic E-state index is 13.1. The third-order valence-electron chi connectivity index (χ3n) is 3.09. The number of rotatable bonds is 3. The zero-order chi connectivity index (χ0) is 14.8. The van der Waals surface area contributed by atoms with Crippen molar-refractivity contribution in [3.8, 4) is 16.9 Å². The largest absolute Gasteiger partial charge is 0.390 e. The summed E-state index contributed by atoms with van der Waals surface area (Å²) in [5.74, 6) is -0.333. The van der Waals surface area contributed by atoms with Gasteiger partial charge in [0.15, 0.2) is 0 Å². The first kappa shape index (κ1) is 13.7. The number of aliphatic hydroxyl groups is 1. The average Bonchev–Trinajstić information content (AvgIpc) is 2.92. The Kier molecular flexibility index (Phi) is 3.68. The minimum absolute atomic E-state index is 0.262. The fourth-order valence-corrected chi connectivity index (χ4v) is 2.33. The fraction of sp³-hybridized carbons (Fsp3) is 0.0667. The lowest BCUT2D eigenvalue weighted by Crippen LogP contribution is -2.00. The van der Waals surface area contributed by atoms with Crippen LogP contribution >= 0.6 is 11.6 Å². The first-order valence-corrected chi connectivity index (χ1v) is 6.65. The highest BCUT2D eigenvalue weighted by atomic mass is 35.5. The van der Waals surface area contributed by atoms with Gasteiger partial charge >= 0.3 is 0 Å². The van der Waals surface area contributed by atoms with Gasteiger partial charge in [0.1, 0.15) is 17.2 Å². The van der Waals surface area contributed by atoms with Crippen molar-refractivity contribution >= 4 is 11.6 Å². The molecule has 3 aromatic rings. The summed E-state index contributed by atoms with van der Waals surface area (Å²) in [6.45, 7) is -0.262. The van der Waals surface area contributed by atoms with E-state index in [1.54, 1.807) is 18.2 Å². The molecule has 0 fully saturated rings. The molecule has 0 bridgehead atoms. The van der Waals surface area contributed by atoms with Crippen molar-refractivity contribution in [3.63, 3.8) is 0 Å². The predicted molar refractivity (Wildman–Crippen MR) is 77.7 cm³/mol. The number of hydrogen-bond acceptors (Lipinski definition) is 3. The van der Waals surface area contributed by atoms with E-state index >= 15 is 0 Å². The van der Waals surface area contributed by atoms with Gasteiger partial charge in [-0.1, -0.05) is 35.0 Å². The van der Waals surface area contributed by atoms with E-state index in [0.717, 1.165) is 0 Å². The van der Waals surface area contributed by atoms with E-state index in [1.165, 1.54) is 16.8 Å². The van der Waals surface area contributed by atoms with Crippen molar-refractivity contribution in [3.05, 3.63) is 65.1 Å². The predicted octanol–water partition coefficient (Wildman–Crippen LogP) is 3.22. The highest BCUT2D eigenvalue weighted by molar-refractivity contribution is 6.33. The molecule has 0 amide bonds. The van der Waals surface area contributed by atoms with Crippen LogP contribution in [-0.4, -0.2) is 20.1 Å². The maximum atomic E-state index is 13.1. The molecule has 0 saturated carbocycles. The smallest absolute Gasteiger partial charge is 0.123 e. The zero-order valence-corrected chi connectivity index (χ0v) is 11.6. The summed E-state index contributed by atoms with van der Waals surface area (Å²) in [5, 5.41) is 18.0. The summed E-state index contributed by atoms with van der Waals surface area (Å²) >= 11 is 6.22. The van der Waals surface area contributed by atoms with Crippen molar-refractivity contribution in [1.82, 2.24) is 15.0 Å². The Morgan fingerprint density at radius 3 is 2.48 bits per heavy atom. The molecule has 0 unspecified atom stereocenters. The van der Waals surface area contributed by atoms with Gasteiger partial charge in [-0.3, -0.25) is 0 Å². The Hall–Kier alpha value is -2.24. The third-order valence-corrected chi connectivity index (χ3v) is 3.42. The second-order valence-electron chi connectivity index (χ2n) is 4.41. The Balaban J connectivity index is 2.22. The zero-order valence-electron chi connectivity index (χ0n) is 10.9. The first-order chi connectivity index (χ1) is 10.2. The van der Waals surface area contributed by atoms with Gasteiger partial charge in [-0.05, 0) is 30.3 Å². The molecule has 4 nitrogen and oxygen atoms in total.